The van der Waals surface area contributed by atoms with Crippen LogP contribution < -0.4 is 5.73 Å². The Labute approximate surface area is 116 Å². The Morgan fingerprint density at radius 2 is 2.17 bits per heavy atom. The molecule has 0 saturated carbocycles. The van der Waals surface area contributed by atoms with E-state index in [0.29, 0.717) is 0 Å². The van der Waals surface area contributed by atoms with Crippen molar-refractivity contribution in [3.05, 3.63) is 45.7 Å². The maximum Gasteiger partial charge on any atom is 0.124 e. The van der Waals surface area contributed by atoms with Crippen molar-refractivity contribution in [1.82, 2.24) is 0 Å². The molecule has 0 heterocycles. The molecule has 0 radical (unpaired) electrons. The fourth-order valence-corrected chi connectivity index (χ4v) is 3.27. The van der Waals surface area contributed by atoms with Crippen LogP contribution in [-0.4, -0.2) is 6.04 Å². The smallest absolute Gasteiger partial charge is 0.124 e. The molecule has 0 saturated heterocycles. The number of nitrogens with two attached hydrogens (primary N) is 1. The van der Waals surface area contributed by atoms with Crippen molar-refractivity contribution in [1.29, 1.82) is 0 Å². The third kappa shape index (κ3) is 3.42. The second kappa shape index (κ2) is 5.14. The van der Waals surface area contributed by atoms with Crippen molar-refractivity contribution in [2.75, 3.05) is 0 Å². The quantitative estimate of drug-likeness (QED) is 0.814. The van der Waals surface area contributed by atoms with Gasteiger partial charge in [-0.2, -0.15) is 0 Å². The van der Waals surface area contributed by atoms with Crippen LogP contribution in [0.5, 0.6) is 0 Å². The van der Waals surface area contributed by atoms with E-state index in [9.17, 15) is 4.39 Å². The Kier molecular flexibility index (Phi) is 3.93. The minimum absolute atomic E-state index is 0.142. The fraction of sp³-hybridized carbons (Fsp3) is 0.467. The Morgan fingerprint density at radius 3 is 2.78 bits per heavy atom. The lowest BCUT2D eigenvalue weighted by Gasteiger charge is -2.33. The highest BCUT2D eigenvalue weighted by Crippen LogP contribution is 2.36. The van der Waals surface area contributed by atoms with Crippen molar-refractivity contribution < 1.29 is 4.39 Å². The largest absolute Gasteiger partial charge is 0.324 e. The summed E-state index contributed by atoms with van der Waals surface area (Å²) < 4.78 is 13.9. The molecule has 1 atom stereocenters. The molecule has 18 heavy (non-hydrogen) atoms. The van der Waals surface area contributed by atoms with Gasteiger partial charge < -0.3 is 5.73 Å². The summed E-state index contributed by atoms with van der Waals surface area (Å²) in [6.07, 6.45) is 5.10. The van der Waals surface area contributed by atoms with Gasteiger partial charge in [0.15, 0.2) is 0 Å². The number of allylic oxidation sites excluding steroid dienone is 1. The summed E-state index contributed by atoms with van der Waals surface area (Å²) in [5, 5.41) is 0. The molecule has 2 N–H and O–H groups in total. The van der Waals surface area contributed by atoms with E-state index in [2.05, 4.69) is 35.9 Å². The summed E-state index contributed by atoms with van der Waals surface area (Å²) in [7, 11) is 0. The first-order valence-corrected chi connectivity index (χ1v) is 7.04. The highest BCUT2D eigenvalue weighted by atomic mass is 79.9. The predicted octanol–water partition coefficient (Wildman–Crippen LogP) is 4.20. The first kappa shape index (κ1) is 13.8. The van der Waals surface area contributed by atoms with Crippen LogP contribution in [0.1, 0.15) is 32.3 Å². The van der Waals surface area contributed by atoms with E-state index in [1.807, 2.05) is 6.07 Å². The van der Waals surface area contributed by atoms with Crippen molar-refractivity contribution in [3.8, 4) is 0 Å². The second-order valence-corrected chi connectivity index (χ2v) is 6.80. The fourth-order valence-electron chi connectivity index (χ4n) is 2.78. The van der Waals surface area contributed by atoms with Crippen LogP contribution in [0.25, 0.3) is 0 Å². The van der Waals surface area contributed by atoms with Crippen LogP contribution in [0, 0.1) is 11.2 Å². The lowest BCUT2D eigenvalue weighted by molar-refractivity contribution is 0.299. The van der Waals surface area contributed by atoms with Crippen molar-refractivity contribution in [2.24, 2.45) is 11.1 Å². The van der Waals surface area contributed by atoms with Gasteiger partial charge in [-0.15, -0.1) is 0 Å². The van der Waals surface area contributed by atoms with Gasteiger partial charge in [0.1, 0.15) is 5.82 Å². The number of rotatable bonds is 2. The normalized spacial score (nSPS) is 22.7. The van der Waals surface area contributed by atoms with Crippen LogP contribution in [0.4, 0.5) is 4.39 Å². The monoisotopic (exact) mass is 311 g/mol. The molecule has 2 rings (SSSR count). The van der Waals surface area contributed by atoms with Crippen LogP contribution in [0.15, 0.2) is 34.3 Å². The van der Waals surface area contributed by atoms with E-state index < -0.39 is 0 Å². The van der Waals surface area contributed by atoms with Gasteiger partial charge in [-0.25, -0.2) is 4.39 Å². The van der Waals surface area contributed by atoms with Gasteiger partial charge in [-0.05, 0) is 42.4 Å². The zero-order valence-electron chi connectivity index (χ0n) is 10.8. The first-order chi connectivity index (χ1) is 8.35. The molecular weight excluding hydrogens is 293 g/mol. The maximum atomic E-state index is 13.0. The SMILES string of the molecule is CC1(C)CC(Cc2ccc(F)cc2Br)=CC(N)C1. The van der Waals surface area contributed by atoms with E-state index >= 15 is 0 Å². The zero-order valence-corrected chi connectivity index (χ0v) is 12.4. The molecule has 0 amide bonds. The molecule has 0 aromatic heterocycles. The van der Waals surface area contributed by atoms with Gasteiger partial charge in [0, 0.05) is 10.5 Å². The molecule has 1 unspecified atom stereocenters. The Balaban J connectivity index is 2.18. The Morgan fingerprint density at radius 1 is 1.44 bits per heavy atom. The van der Waals surface area contributed by atoms with Crippen molar-refractivity contribution in [2.45, 2.75) is 39.2 Å². The highest BCUT2D eigenvalue weighted by molar-refractivity contribution is 9.10. The summed E-state index contributed by atoms with van der Waals surface area (Å²) >= 11 is 3.42. The number of halogens is 2. The molecule has 1 aliphatic carbocycles. The summed E-state index contributed by atoms with van der Waals surface area (Å²) in [6.45, 7) is 4.50. The summed E-state index contributed by atoms with van der Waals surface area (Å²) in [5.74, 6) is -0.208. The maximum absolute atomic E-state index is 13.0. The zero-order chi connectivity index (χ0) is 13.3. The average Bonchev–Trinajstić information content (AvgIpc) is 2.19. The second-order valence-electron chi connectivity index (χ2n) is 5.95. The van der Waals surface area contributed by atoms with E-state index in [1.165, 1.54) is 17.7 Å². The third-order valence-corrected chi connectivity index (χ3v) is 4.11. The Hall–Kier alpha value is -0.670. The minimum atomic E-state index is -0.208. The van der Waals surface area contributed by atoms with Crippen LogP contribution in [-0.2, 0) is 6.42 Å². The molecule has 0 spiro atoms. The van der Waals surface area contributed by atoms with Gasteiger partial charge in [-0.3, -0.25) is 0 Å². The lowest BCUT2D eigenvalue weighted by atomic mass is 9.74. The first-order valence-electron chi connectivity index (χ1n) is 6.25. The van der Waals surface area contributed by atoms with Gasteiger partial charge in [-0.1, -0.05) is 47.5 Å². The molecule has 1 aromatic carbocycles. The summed E-state index contributed by atoms with van der Waals surface area (Å²) in [4.78, 5) is 0. The molecule has 0 aliphatic heterocycles. The van der Waals surface area contributed by atoms with Crippen molar-refractivity contribution >= 4 is 15.9 Å². The highest BCUT2D eigenvalue weighted by Gasteiger charge is 2.26. The molecule has 1 nitrogen and oxygen atoms in total. The lowest BCUT2D eigenvalue weighted by Crippen LogP contribution is -2.31. The van der Waals surface area contributed by atoms with E-state index in [1.54, 1.807) is 0 Å². The molecule has 1 aromatic rings. The van der Waals surface area contributed by atoms with Gasteiger partial charge in [0.05, 0.1) is 0 Å². The van der Waals surface area contributed by atoms with Gasteiger partial charge >= 0.3 is 0 Å². The van der Waals surface area contributed by atoms with Gasteiger partial charge in [0.25, 0.3) is 0 Å². The number of hydrogen-bond acceptors (Lipinski definition) is 1. The molecule has 98 valence electrons. The number of benzene rings is 1. The molecule has 1 aliphatic rings. The van der Waals surface area contributed by atoms with Crippen LogP contribution in [0.3, 0.4) is 0 Å². The molecule has 0 fully saturated rings. The van der Waals surface area contributed by atoms with E-state index in [0.717, 1.165) is 29.3 Å². The molecule has 3 heteroatoms. The summed E-state index contributed by atoms with van der Waals surface area (Å²) in [6, 6.07) is 5.01. The van der Waals surface area contributed by atoms with Crippen LogP contribution in [0.2, 0.25) is 0 Å². The topological polar surface area (TPSA) is 26.0 Å². The van der Waals surface area contributed by atoms with Gasteiger partial charge in [0.2, 0.25) is 0 Å². The van der Waals surface area contributed by atoms with E-state index in [4.69, 9.17) is 5.73 Å². The summed E-state index contributed by atoms with van der Waals surface area (Å²) in [5.41, 5.74) is 8.80. The van der Waals surface area contributed by atoms with Crippen LogP contribution >= 0.6 is 15.9 Å². The molecule has 0 bridgehead atoms. The van der Waals surface area contributed by atoms with E-state index in [-0.39, 0.29) is 17.3 Å². The predicted molar refractivity (Wildman–Crippen MR) is 76.9 cm³/mol. The molecular formula is C15H19BrFN. The number of hydrogen-bond donors (Lipinski definition) is 1. The Bertz CT molecular complexity index is 479. The standard InChI is InChI=1S/C15H19BrFN/c1-15(2)8-10(6-13(18)9-15)5-11-3-4-12(17)7-14(11)16/h3-4,6-7,13H,5,8-9,18H2,1-2H3. The third-order valence-electron chi connectivity index (χ3n) is 3.38. The minimum Gasteiger partial charge on any atom is -0.324 e. The van der Waals surface area contributed by atoms with Crippen molar-refractivity contribution in [3.63, 3.8) is 0 Å². The average molecular weight is 312 g/mol.